The van der Waals surface area contributed by atoms with Crippen molar-refractivity contribution in [2.45, 2.75) is 0 Å². The third kappa shape index (κ3) is 2.86. The van der Waals surface area contributed by atoms with Crippen molar-refractivity contribution in [2.75, 3.05) is 0 Å². The summed E-state index contributed by atoms with van der Waals surface area (Å²) in [5.41, 5.74) is 7.25. The van der Waals surface area contributed by atoms with Gasteiger partial charge in [0.05, 0.1) is 11.0 Å². The molecule has 39 heavy (non-hydrogen) atoms. The van der Waals surface area contributed by atoms with Crippen molar-refractivity contribution in [3.05, 3.63) is 141 Å². The van der Waals surface area contributed by atoms with Crippen LogP contribution in [0.1, 0.15) is 33.4 Å². The van der Waals surface area contributed by atoms with E-state index >= 15 is 0 Å². The molecule has 5 aromatic rings. The van der Waals surface area contributed by atoms with Crippen molar-refractivity contribution in [3.63, 3.8) is 0 Å². The SMILES string of the molecule is c1ccc2c(c1)C1=NC3=NC(=NC4=NC(=c5[nH]c(c6ccccc56)=NC2=N1)c1ccccc14)c1ccccc13. The lowest BCUT2D eigenvalue weighted by Crippen LogP contribution is -2.15. The van der Waals surface area contributed by atoms with Crippen molar-refractivity contribution in [1.29, 1.82) is 0 Å². The van der Waals surface area contributed by atoms with Crippen LogP contribution in [-0.4, -0.2) is 34.2 Å². The van der Waals surface area contributed by atoms with Gasteiger partial charge >= 0.3 is 0 Å². The van der Waals surface area contributed by atoms with Gasteiger partial charge in [0.25, 0.3) is 0 Å². The van der Waals surface area contributed by atoms with Crippen LogP contribution >= 0.6 is 0 Å². The van der Waals surface area contributed by atoms with E-state index in [9.17, 15) is 0 Å². The van der Waals surface area contributed by atoms with Crippen LogP contribution in [0.25, 0.3) is 16.5 Å². The lowest BCUT2D eigenvalue weighted by molar-refractivity contribution is 1.19. The van der Waals surface area contributed by atoms with E-state index in [1.54, 1.807) is 0 Å². The number of nitrogens with one attached hydrogen (secondary N) is 1. The van der Waals surface area contributed by atoms with Gasteiger partial charge in [0.1, 0.15) is 5.49 Å². The number of aromatic nitrogens is 1. The lowest BCUT2D eigenvalue weighted by Gasteiger charge is -2.01. The summed E-state index contributed by atoms with van der Waals surface area (Å²) < 4.78 is 0. The molecule has 0 atom stereocenters. The normalized spacial score (nSPS) is 16.1. The second-order valence-electron chi connectivity index (χ2n) is 9.67. The zero-order valence-electron chi connectivity index (χ0n) is 20.4. The molecular weight excluding hydrogens is 482 g/mol. The number of benzene rings is 4. The van der Waals surface area contributed by atoms with Crippen molar-refractivity contribution >= 4 is 45.6 Å². The molecule has 0 spiro atoms. The Kier molecular flexibility index (Phi) is 3.93. The number of nitrogens with zero attached hydrogens (tertiary/aromatic N) is 6. The molecule has 0 unspecified atom stereocenters. The summed E-state index contributed by atoms with van der Waals surface area (Å²) in [5.74, 6) is 2.99. The van der Waals surface area contributed by atoms with Gasteiger partial charge in [0, 0.05) is 44.2 Å². The molecule has 7 nitrogen and oxygen atoms in total. The van der Waals surface area contributed by atoms with Crippen LogP contribution < -0.4 is 10.8 Å². The van der Waals surface area contributed by atoms with E-state index < -0.39 is 0 Å². The minimum absolute atomic E-state index is 0.581. The molecule has 5 heterocycles. The van der Waals surface area contributed by atoms with E-state index in [-0.39, 0.29) is 0 Å². The van der Waals surface area contributed by atoms with E-state index in [0.29, 0.717) is 29.2 Å². The van der Waals surface area contributed by atoms with E-state index in [1.165, 1.54) is 0 Å². The highest BCUT2D eigenvalue weighted by Gasteiger charge is 2.28. The minimum atomic E-state index is 0.581. The van der Waals surface area contributed by atoms with E-state index in [1.807, 2.05) is 72.8 Å². The highest BCUT2D eigenvalue weighted by molar-refractivity contribution is 6.31. The molecule has 1 N–H and O–H groups in total. The number of aliphatic imine (C=N–C) groups is 5. The third-order valence-corrected chi connectivity index (χ3v) is 7.46. The van der Waals surface area contributed by atoms with Crippen LogP contribution in [0.3, 0.4) is 0 Å². The molecule has 0 aliphatic carbocycles. The molecule has 4 aliphatic heterocycles. The van der Waals surface area contributed by atoms with Gasteiger partial charge in [0.2, 0.25) is 0 Å². The number of hydrogen-bond donors (Lipinski definition) is 1. The van der Waals surface area contributed by atoms with Crippen molar-refractivity contribution in [1.82, 2.24) is 4.98 Å². The highest BCUT2D eigenvalue weighted by atomic mass is 15.1. The molecule has 0 amide bonds. The van der Waals surface area contributed by atoms with Crippen molar-refractivity contribution < 1.29 is 0 Å². The maximum absolute atomic E-state index is 5.07. The first-order chi connectivity index (χ1) is 19.3. The Bertz CT molecular complexity index is 2220. The molecule has 9 rings (SSSR count). The quantitative estimate of drug-likeness (QED) is 0.332. The minimum Gasteiger partial charge on any atom is -0.337 e. The molecule has 4 aliphatic rings. The van der Waals surface area contributed by atoms with E-state index in [0.717, 1.165) is 60.7 Å². The van der Waals surface area contributed by atoms with Crippen LogP contribution in [0.5, 0.6) is 0 Å². The monoisotopic (exact) mass is 499 g/mol. The van der Waals surface area contributed by atoms with Crippen LogP contribution in [0.2, 0.25) is 0 Å². The van der Waals surface area contributed by atoms with Crippen molar-refractivity contribution in [2.24, 2.45) is 30.0 Å². The Labute approximate surface area is 221 Å². The van der Waals surface area contributed by atoms with E-state index in [2.05, 4.69) is 29.2 Å². The molecule has 180 valence electrons. The van der Waals surface area contributed by atoms with Gasteiger partial charge in [0.15, 0.2) is 29.2 Å². The zero-order valence-corrected chi connectivity index (χ0v) is 20.4. The molecule has 8 bridgehead atoms. The summed E-state index contributed by atoms with van der Waals surface area (Å²) in [6.07, 6.45) is 0. The molecule has 7 heteroatoms. The standard InChI is InChI=1S/C32H17N7/c1-3-11-19-17(9-1)25-26-18-10-2-4-12-20(18)28(34-26)36-30-22-14-6-8-16-24(22)32(38-30)39-31-23-15-7-5-13-21(23)29(37-31)35-27(19)33-25/h1-16H,(H,33,34,35,36,37,38,39). The third-order valence-electron chi connectivity index (χ3n) is 7.46. The molecule has 0 fully saturated rings. The molecule has 0 saturated heterocycles. The first-order valence-electron chi connectivity index (χ1n) is 12.7. The van der Waals surface area contributed by atoms with Gasteiger partial charge in [-0.2, -0.15) is 0 Å². The smallest absolute Gasteiger partial charge is 0.164 e. The average Bonchev–Trinajstić information content (AvgIpc) is 3.72. The maximum atomic E-state index is 5.07. The fourth-order valence-corrected chi connectivity index (χ4v) is 5.66. The number of rotatable bonds is 0. The predicted octanol–water partition coefficient (Wildman–Crippen LogP) is 4.13. The molecule has 0 radical (unpaired) electrons. The van der Waals surface area contributed by atoms with Gasteiger partial charge < -0.3 is 4.98 Å². The Morgan fingerprint density at radius 1 is 0.359 bits per heavy atom. The van der Waals surface area contributed by atoms with Gasteiger partial charge in [-0.3, -0.25) is 0 Å². The zero-order chi connectivity index (χ0) is 25.5. The van der Waals surface area contributed by atoms with Crippen LogP contribution in [0.15, 0.2) is 127 Å². The fraction of sp³-hybridized carbons (Fsp3) is 0. The summed E-state index contributed by atoms with van der Waals surface area (Å²) in [7, 11) is 0. The fourth-order valence-electron chi connectivity index (χ4n) is 5.66. The Morgan fingerprint density at radius 3 is 1.28 bits per heavy atom. The topological polar surface area (TPSA) is 89.9 Å². The summed E-state index contributed by atoms with van der Waals surface area (Å²) in [6, 6.07) is 32.5. The van der Waals surface area contributed by atoms with Crippen LogP contribution in [0, 0.1) is 0 Å². The molecular formula is C32H17N7. The first kappa shape index (κ1) is 20.5. The first-order valence-corrected chi connectivity index (χ1v) is 12.7. The molecule has 4 aromatic carbocycles. The van der Waals surface area contributed by atoms with E-state index in [4.69, 9.17) is 30.0 Å². The predicted molar refractivity (Wildman–Crippen MR) is 154 cm³/mol. The summed E-state index contributed by atoms with van der Waals surface area (Å²) in [5, 5.41) is 2.94. The highest BCUT2D eigenvalue weighted by Crippen LogP contribution is 2.30. The summed E-state index contributed by atoms with van der Waals surface area (Å²) in [4.78, 5) is 33.5. The number of aromatic amines is 1. The Hall–Kier alpha value is -5.56. The molecule has 1 aromatic heterocycles. The second kappa shape index (κ2) is 7.49. The van der Waals surface area contributed by atoms with Gasteiger partial charge in [-0.1, -0.05) is 97.1 Å². The average molecular weight is 500 g/mol. The number of amidine groups is 5. The molecule has 0 saturated carbocycles. The van der Waals surface area contributed by atoms with Gasteiger partial charge in [-0.25, -0.2) is 30.0 Å². The summed E-state index contributed by atoms with van der Waals surface area (Å²) in [6.45, 7) is 0. The van der Waals surface area contributed by atoms with Crippen LogP contribution in [0.4, 0.5) is 0 Å². The van der Waals surface area contributed by atoms with Crippen LogP contribution in [-0.2, 0) is 0 Å². The lowest BCUT2D eigenvalue weighted by atomic mass is 10.1. The Balaban J connectivity index is 1.47. The van der Waals surface area contributed by atoms with Gasteiger partial charge in [-0.05, 0) is 0 Å². The number of H-pyrrole nitrogens is 1. The van der Waals surface area contributed by atoms with Crippen molar-refractivity contribution in [3.8, 4) is 0 Å². The largest absolute Gasteiger partial charge is 0.337 e. The summed E-state index contributed by atoms with van der Waals surface area (Å²) >= 11 is 0. The second-order valence-corrected chi connectivity index (χ2v) is 9.67. The maximum Gasteiger partial charge on any atom is 0.164 e. The Morgan fingerprint density at radius 2 is 0.744 bits per heavy atom. The van der Waals surface area contributed by atoms with Gasteiger partial charge in [-0.15, -0.1) is 0 Å². The number of fused-ring (bicyclic) bond motifs is 17. The number of hydrogen-bond acceptors (Lipinski definition) is 6.